The van der Waals surface area contributed by atoms with E-state index in [1.807, 2.05) is 0 Å². The molecule has 0 unspecified atom stereocenters. The van der Waals surface area contributed by atoms with E-state index in [-0.39, 0.29) is 36.0 Å². The number of nitrogens with one attached hydrogen (secondary N) is 2. The average Bonchev–Trinajstić information content (AvgIpc) is 3.60. The average molecular weight is 823 g/mol. The Morgan fingerprint density at radius 2 is 1.47 bits per heavy atom. The van der Waals surface area contributed by atoms with Crippen molar-refractivity contribution in [1.29, 1.82) is 0 Å². The van der Waals surface area contributed by atoms with Crippen molar-refractivity contribution in [3.63, 3.8) is 0 Å². The molecule has 3 aliphatic rings. The first-order chi connectivity index (χ1) is 27.8. The van der Waals surface area contributed by atoms with Crippen molar-refractivity contribution in [3.8, 4) is 0 Å². The molecular formula is C42H58N6O11. The molecular weight excluding hydrogens is 764 g/mol. The number of aromatic carboxylic acids is 1. The molecule has 0 radical (unpaired) electrons. The molecule has 7 N–H and O–H groups in total. The number of carboxylic acids is 1. The highest BCUT2D eigenvalue weighted by Crippen LogP contribution is 2.37. The maximum atomic E-state index is 14.5. The minimum absolute atomic E-state index is 0.111. The van der Waals surface area contributed by atoms with Gasteiger partial charge in [-0.05, 0) is 55.4 Å². The van der Waals surface area contributed by atoms with E-state index in [1.54, 1.807) is 20.8 Å². The molecule has 0 spiro atoms. The summed E-state index contributed by atoms with van der Waals surface area (Å²) in [6.07, 6.45) is 8.53. The van der Waals surface area contributed by atoms with Gasteiger partial charge in [-0.2, -0.15) is 0 Å². The van der Waals surface area contributed by atoms with Gasteiger partial charge in [-0.15, -0.1) is 0 Å². The van der Waals surface area contributed by atoms with Gasteiger partial charge in [0.2, 0.25) is 23.5 Å². The zero-order chi connectivity index (χ0) is 43.6. The number of aromatic nitrogens is 1. The molecule has 0 aromatic carbocycles. The number of nitrogens with two attached hydrogens (primary N) is 2. The van der Waals surface area contributed by atoms with Crippen molar-refractivity contribution in [2.75, 3.05) is 6.54 Å². The van der Waals surface area contributed by atoms with Crippen LogP contribution in [0.1, 0.15) is 138 Å². The van der Waals surface area contributed by atoms with E-state index in [1.165, 1.54) is 6.20 Å². The van der Waals surface area contributed by atoms with E-state index in [0.717, 1.165) is 68.5 Å². The highest BCUT2D eigenvalue weighted by atomic mass is 16.4. The summed E-state index contributed by atoms with van der Waals surface area (Å²) in [7, 11) is 0. The molecule has 5 atom stereocenters. The number of carbonyl (C=O) groups is 10. The smallest absolute Gasteiger partial charge is 0.338 e. The molecule has 1 saturated heterocycles. The molecule has 322 valence electrons. The Morgan fingerprint density at radius 3 is 2.03 bits per heavy atom. The van der Waals surface area contributed by atoms with Crippen LogP contribution in [0.3, 0.4) is 0 Å². The van der Waals surface area contributed by atoms with Crippen molar-refractivity contribution in [2.45, 2.75) is 135 Å². The highest BCUT2D eigenvalue weighted by molar-refractivity contribution is 6.35. The molecule has 2 heterocycles. The standard InChI is InChI=1S/C42H58N6O11/c1-42(2,3)29(20-33(51)30(14-15-32(50)36(43)53)46-38(55)26-16-17-45-21-28(26)41(58)59)40(57)48-22-25(49)18-31(48)34(52)19-27(23-10-6-4-7-11-23)39(56)47-35(37(44)54)24-12-8-5-9-13-24/h16-17,21,23-24,27,29-31,35H,4-15,18-20,22H2,1-3H3,(H2,43,53)(H2,44,54)(H,46,55)(H,47,56)(H,58,59)/t27-,29+,30-,31-,35-/m0/s1. The van der Waals surface area contributed by atoms with Gasteiger partial charge in [0.25, 0.3) is 11.8 Å². The number of Topliss-reactive ketones (excluding diaryl/α,β-unsaturated/α-hetero) is 4. The van der Waals surface area contributed by atoms with Crippen LogP contribution in [-0.4, -0.2) is 98.3 Å². The number of ketones is 4. The molecule has 4 rings (SSSR count). The van der Waals surface area contributed by atoms with Crippen LogP contribution < -0.4 is 22.1 Å². The van der Waals surface area contributed by atoms with Crippen molar-refractivity contribution in [3.05, 3.63) is 29.6 Å². The van der Waals surface area contributed by atoms with Crippen LogP contribution in [0.2, 0.25) is 0 Å². The predicted octanol–water partition coefficient (Wildman–Crippen LogP) is 2.21. The number of amides is 5. The predicted molar refractivity (Wildman–Crippen MR) is 211 cm³/mol. The minimum Gasteiger partial charge on any atom is -0.478 e. The molecule has 3 fully saturated rings. The van der Waals surface area contributed by atoms with Gasteiger partial charge >= 0.3 is 5.97 Å². The van der Waals surface area contributed by atoms with E-state index in [0.29, 0.717) is 12.8 Å². The number of primary amides is 2. The Bertz CT molecular complexity index is 1810. The van der Waals surface area contributed by atoms with Crippen molar-refractivity contribution >= 4 is 58.6 Å². The number of carboxylic acid groups (broad SMARTS) is 1. The second kappa shape index (κ2) is 20.6. The third kappa shape index (κ3) is 12.3. The summed E-state index contributed by atoms with van der Waals surface area (Å²) in [5.74, 6) is -10.4. The van der Waals surface area contributed by atoms with E-state index in [4.69, 9.17) is 11.5 Å². The second-order valence-corrected chi connectivity index (χ2v) is 17.4. The van der Waals surface area contributed by atoms with Gasteiger partial charge in [0.05, 0.1) is 29.8 Å². The first-order valence-electron chi connectivity index (χ1n) is 20.6. The highest BCUT2D eigenvalue weighted by Gasteiger charge is 2.46. The molecule has 0 bridgehead atoms. The van der Waals surface area contributed by atoms with Crippen LogP contribution in [0.15, 0.2) is 18.5 Å². The lowest BCUT2D eigenvalue weighted by atomic mass is 9.75. The SMILES string of the molecule is CC(C)(C)[C@H](CC(=O)[C@H](CCC(=O)C(N)=O)NC(=O)c1ccncc1C(=O)O)C(=O)N1CC(=O)C[C@H]1C(=O)C[C@H](C(=O)N[C@H](C(N)=O)C1CCCCC1)C1CCCCC1. The topological polar surface area (TPSA) is 283 Å². The van der Waals surface area contributed by atoms with Crippen LogP contribution in [0.4, 0.5) is 0 Å². The van der Waals surface area contributed by atoms with Crippen molar-refractivity contribution in [1.82, 2.24) is 20.5 Å². The first kappa shape index (κ1) is 46.3. The number of likely N-dealkylation sites (tertiary alicyclic amines) is 1. The lowest BCUT2D eigenvalue weighted by Crippen LogP contribution is -2.53. The maximum Gasteiger partial charge on any atom is 0.338 e. The molecule has 2 aliphatic carbocycles. The molecule has 17 nitrogen and oxygen atoms in total. The molecule has 2 saturated carbocycles. The van der Waals surface area contributed by atoms with E-state index >= 15 is 0 Å². The fraction of sp³-hybridized carbons (Fsp3) is 0.643. The number of nitrogens with zero attached hydrogens (tertiary/aromatic N) is 2. The summed E-state index contributed by atoms with van der Waals surface area (Å²) in [5, 5.41) is 14.9. The zero-order valence-corrected chi connectivity index (χ0v) is 34.2. The summed E-state index contributed by atoms with van der Waals surface area (Å²) in [6, 6.07) is -2.45. The van der Waals surface area contributed by atoms with Crippen LogP contribution in [-0.2, 0) is 38.4 Å². The summed E-state index contributed by atoms with van der Waals surface area (Å²) in [5.41, 5.74) is 9.15. The van der Waals surface area contributed by atoms with Gasteiger partial charge in [0, 0.05) is 49.9 Å². The number of hydrogen-bond acceptors (Lipinski definition) is 11. The van der Waals surface area contributed by atoms with Gasteiger partial charge in [-0.25, -0.2) is 4.79 Å². The Kier molecular flexibility index (Phi) is 16.1. The Hall–Kier alpha value is -5.35. The summed E-state index contributed by atoms with van der Waals surface area (Å²) < 4.78 is 0. The Balaban J connectivity index is 1.58. The molecule has 59 heavy (non-hydrogen) atoms. The molecule has 1 aromatic rings. The molecule has 17 heteroatoms. The molecule has 1 aliphatic heterocycles. The number of carbonyl (C=O) groups excluding carboxylic acids is 9. The van der Waals surface area contributed by atoms with Crippen LogP contribution >= 0.6 is 0 Å². The van der Waals surface area contributed by atoms with Crippen molar-refractivity contribution < 1.29 is 53.1 Å². The fourth-order valence-electron chi connectivity index (χ4n) is 8.74. The van der Waals surface area contributed by atoms with E-state index < -0.39 is 120 Å². The Labute approximate surface area is 343 Å². The van der Waals surface area contributed by atoms with Gasteiger partial charge in [-0.1, -0.05) is 59.3 Å². The Morgan fingerprint density at radius 1 is 0.864 bits per heavy atom. The third-order valence-electron chi connectivity index (χ3n) is 12.2. The monoisotopic (exact) mass is 822 g/mol. The number of hydrogen-bond donors (Lipinski definition) is 5. The quantitative estimate of drug-likeness (QED) is 0.126. The summed E-state index contributed by atoms with van der Waals surface area (Å²) in [4.78, 5) is 136. The normalized spacial score (nSPS) is 19.8. The minimum atomic E-state index is -1.48. The first-order valence-corrected chi connectivity index (χ1v) is 20.6. The number of rotatable bonds is 19. The second-order valence-electron chi connectivity index (χ2n) is 17.4. The fourth-order valence-corrected chi connectivity index (χ4v) is 8.74. The lowest BCUT2D eigenvalue weighted by molar-refractivity contribution is -0.147. The van der Waals surface area contributed by atoms with Crippen LogP contribution in [0, 0.1) is 29.1 Å². The summed E-state index contributed by atoms with van der Waals surface area (Å²) >= 11 is 0. The maximum absolute atomic E-state index is 14.5. The lowest BCUT2D eigenvalue weighted by Gasteiger charge is -2.36. The molecule has 1 aromatic heterocycles. The number of pyridine rings is 1. The largest absolute Gasteiger partial charge is 0.478 e. The van der Waals surface area contributed by atoms with Crippen LogP contribution in [0.25, 0.3) is 0 Å². The zero-order valence-electron chi connectivity index (χ0n) is 34.2. The van der Waals surface area contributed by atoms with E-state index in [2.05, 4.69) is 15.6 Å². The van der Waals surface area contributed by atoms with Gasteiger partial charge in [0.1, 0.15) is 6.04 Å². The van der Waals surface area contributed by atoms with Gasteiger partial charge in [0.15, 0.2) is 17.3 Å². The van der Waals surface area contributed by atoms with Crippen molar-refractivity contribution in [2.24, 2.45) is 40.6 Å². The van der Waals surface area contributed by atoms with Gasteiger partial charge in [-0.3, -0.25) is 48.1 Å². The molecule has 5 amide bonds. The van der Waals surface area contributed by atoms with Crippen LogP contribution in [0.5, 0.6) is 0 Å². The van der Waals surface area contributed by atoms with Gasteiger partial charge < -0.3 is 32.1 Å². The third-order valence-corrected chi connectivity index (χ3v) is 12.2. The summed E-state index contributed by atoms with van der Waals surface area (Å²) in [6.45, 7) is 4.64. The van der Waals surface area contributed by atoms with E-state index in [9.17, 15) is 53.1 Å².